The van der Waals surface area contributed by atoms with Crippen molar-refractivity contribution in [2.24, 2.45) is 0 Å². The molecule has 18 heavy (non-hydrogen) atoms. The van der Waals surface area contributed by atoms with Crippen LogP contribution in [0.15, 0.2) is 0 Å². The molecule has 1 aromatic heterocycles. The van der Waals surface area contributed by atoms with Crippen LogP contribution < -0.4 is 10.1 Å². The fourth-order valence-corrected chi connectivity index (χ4v) is 2.24. The Balaban J connectivity index is 2.04. The van der Waals surface area contributed by atoms with Crippen LogP contribution in [0.4, 0.5) is 5.95 Å². The summed E-state index contributed by atoms with van der Waals surface area (Å²) < 4.78 is 5.44. The standard InChI is InChI=1S/C12H19ClN4O/c1-8(2)18-12-16-10(13)15-11(17-12)14-9-6-4-3-5-7-9/h8-9H,3-7H2,1-2H3,(H,14,15,16,17). The maximum Gasteiger partial charge on any atom is 0.322 e. The second kappa shape index (κ2) is 6.18. The molecule has 1 N–H and O–H groups in total. The topological polar surface area (TPSA) is 59.9 Å². The smallest absolute Gasteiger partial charge is 0.322 e. The zero-order chi connectivity index (χ0) is 13.0. The first-order chi connectivity index (χ1) is 8.63. The van der Waals surface area contributed by atoms with Gasteiger partial charge in [0.1, 0.15) is 0 Å². The summed E-state index contributed by atoms with van der Waals surface area (Å²) in [6, 6.07) is 0.715. The molecule has 1 fully saturated rings. The second-order valence-corrected chi connectivity index (χ2v) is 5.19. The van der Waals surface area contributed by atoms with Gasteiger partial charge in [-0.25, -0.2) is 0 Å². The maximum absolute atomic E-state index is 5.87. The first-order valence-corrected chi connectivity index (χ1v) is 6.86. The van der Waals surface area contributed by atoms with E-state index in [0.29, 0.717) is 12.0 Å². The Morgan fingerprint density at radius 2 is 1.89 bits per heavy atom. The van der Waals surface area contributed by atoms with Crippen molar-refractivity contribution >= 4 is 17.5 Å². The monoisotopic (exact) mass is 270 g/mol. The lowest BCUT2D eigenvalue weighted by Gasteiger charge is -2.22. The molecule has 1 aliphatic rings. The van der Waals surface area contributed by atoms with Crippen LogP contribution in [0.2, 0.25) is 5.28 Å². The second-order valence-electron chi connectivity index (χ2n) is 4.86. The summed E-state index contributed by atoms with van der Waals surface area (Å²) in [5, 5.41) is 3.47. The molecule has 0 aliphatic heterocycles. The third-order valence-electron chi connectivity index (χ3n) is 2.87. The Morgan fingerprint density at radius 1 is 1.17 bits per heavy atom. The number of hydrogen-bond acceptors (Lipinski definition) is 5. The molecular weight excluding hydrogens is 252 g/mol. The van der Waals surface area contributed by atoms with Gasteiger partial charge in [0.25, 0.3) is 0 Å². The van der Waals surface area contributed by atoms with Crippen LogP contribution in [-0.4, -0.2) is 27.1 Å². The van der Waals surface area contributed by atoms with E-state index in [9.17, 15) is 0 Å². The Hall–Kier alpha value is -1.10. The highest BCUT2D eigenvalue weighted by atomic mass is 35.5. The van der Waals surface area contributed by atoms with E-state index in [1.54, 1.807) is 0 Å². The van der Waals surface area contributed by atoms with Crippen LogP contribution in [0.1, 0.15) is 46.0 Å². The van der Waals surface area contributed by atoms with Crippen molar-refractivity contribution in [3.8, 4) is 6.01 Å². The largest absolute Gasteiger partial charge is 0.461 e. The minimum atomic E-state index is 0.0194. The van der Waals surface area contributed by atoms with E-state index >= 15 is 0 Å². The summed E-state index contributed by atoms with van der Waals surface area (Å²) in [5.41, 5.74) is 0. The Labute approximate surface area is 112 Å². The number of anilines is 1. The van der Waals surface area contributed by atoms with Gasteiger partial charge >= 0.3 is 6.01 Å². The molecule has 6 heteroatoms. The van der Waals surface area contributed by atoms with Crippen molar-refractivity contribution in [2.75, 3.05) is 5.32 Å². The molecule has 1 aliphatic carbocycles. The SMILES string of the molecule is CC(C)Oc1nc(Cl)nc(NC2CCCCC2)n1. The number of halogens is 1. The van der Waals surface area contributed by atoms with Gasteiger partial charge in [-0.1, -0.05) is 19.3 Å². The molecule has 0 bridgehead atoms. The summed E-state index contributed by atoms with van der Waals surface area (Å²) in [6.07, 6.45) is 6.16. The van der Waals surface area contributed by atoms with E-state index in [1.165, 1.54) is 19.3 Å². The molecule has 0 radical (unpaired) electrons. The zero-order valence-corrected chi connectivity index (χ0v) is 11.6. The van der Waals surface area contributed by atoms with Gasteiger partial charge in [0.2, 0.25) is 11.2 Å². The first kappa shape index (κ1) is 13.3. The minimum Gasteiger partial charge on any atom is -0.461 e. The summed E-state index contributed by atoms with van der Waals surface area (Å²) in [7, 11) is 0. The molecule has 1 saturated carbocycles. The van der Waals surface area contributed by atoms with Gasteiger partial charge in [0, 0.05) is 6.04 Å². The Morgan fingerprint density at radius 3 is 2.56 bits per heavy atom. The molecule has 1 aromatic rings. The van der Waals surface area contributed by atoms with Crippen LogP contribution >= 0.6 is 11.6 Å². The highest BCUT2D eigenvalue weighted by Gasteiger charge is 2.15. The number of aromatic nitrogens is 3. The quantitative estimate of drug-likeness (QED) is 0.911. The van der Waals surface area contributed by atoms with Crippen molar-refractivity contribution in [2.45, 2.75) is 58.1 Å². The molecular formula is C12H19ClN4O. The van der Waals surface area contributed by atoms with Crippen molar-refractivity contribution in [3.63, 3.8) is 0 Å². The van der Waals surface area contributed by atoms with E-state index in [1.807, 2.05) is 13.8 Å². The summed E-state index contributed by atoms with van der Waals surface area (Å²) >= 11 is 5.87. The molecule has 1 heterocycles. The van der Waals surface area contributed by atoms with Gasteiger partial charge in [-0.05, 0) is 38.3 Å². The zero-order valence-electron chi connectivity index (χ0n) is 10.8. The highest BCUT2D eigenvalue weighted by Crippen LogP contribution is 2.21. The lowest BCUT2D eigenvalue weighted by Crippen LogP contribution is -2.24. The molecule has 2 rings (SSSR count). The summed E-state index contributed by atoms with van der Waals surface area (Å²) in [4.78, 5) is 12.3. The molecule has 0 saturated heterocycles. The number of ether oxygens (including phenoxy) is 1. The van der Waals surface area contributed by atoms with Crippen LogP contribution in [0.25, 0.3) is 0 Å². The maximum atomic E-state index is 5.87. The van der Waals surface area contributed by atoms with Gasteiger partial charge < -0.3 is 10.1 Å². The van der Waals surface area contributed by atoms with E-state index in [0.717, 1.165) is 12.8 Å². The van der Waals surface area contributed by atoms with Crippen molar-refractivity contribution in [1.82, 2.24) is 15.0 Å². The van der Waals surface area contributed by atoms with E-state index in [-0.39, 0.29) is 17.4 Å². The fourth-order valence-electron chi connectivity index (χ4n) is 2.09. The van der Waals surface area contributed by atoms with Gasteiger partial charge in [-0.3, -0.25) is 0 Å². The van der Waals surface area contributed by atoms with Gasteiger partial charge in [-0.15, -0.1) is 0 Å². The lowest BCUT2D eigenvalue weighted by molar-refractivity contribution is 0.221. The van der Waals surface area contributed by atoms with Gasteiger partial charge in [-0.2, -0.15) is 15.0 Å². The molecule has 0 atom stereocenters. The lowest BCUT2D eigenvalue weighted by atomic mass is 9.96. The summed E-state index contributed by atoms with van der Waals surface area (Å²) in [6.45, 7) is 3.85. The average Bonchev–Trinajstić information content (AvgIpc) is 2.28. The van der Waals surface area contributed by atoms with Crippen molar-refractivity contribution in [1.29, 1.82) is 0 Å². The molecule has 0 amide bonds. The highest BCUT2D eigenvalue weighted by molar-refractivity contribution is 6.28. The predicted molar refractivity (Wildman–Crippen MR) is 71.1 cm³/mol. The third kappa shape index (κ3) is 3.98. The normalized spacial score (nSPS) is 16.9. The number of nitrogens with zero attached hydrogens (tertiary/aromatic N) is 3. The van der Waals surface area contributed by atoms with Gasteiger partial charge in [0.15, 0.2) is 0 Å². The molecule has 100 valence electrons. The molecule has 0 unspecified atom stereocenters. The average molecular weight is 271 g/mol. The third-order valence-corrected chi connectivity index (χ3v) is 3.04. The van der Waals surface area contributed by atoms with Crippen molar-refractivity contribution < 1.29 is 4.74 Å². The summed E-state index contributed by atoms with van der Waals surface area (Å²) in [5.74, 6) is 0.512. The Bertz CT molecular complexity index is 394. The number of rotatable bonds is 4. The van der Waals surface area contributed by atoms with Crippen LogP contribution in [0.5, 0.6) is 6.01 Å². The van der Waals surface area contributed by atoms with E-state index in [2.05, 4.69) is 20.3 Å². The van der Waals surface area contributed by atoms with Crippen LogP contribution in [-0.2, 0) is 0 Å². The number of hydrogen-bond donors (Lipinski definition) is 1. The molecule has 0 spiro atoms. The fraction of sp³-hybridized carbons (Fsp3) is 0.750. The van der Waals surface area contributed by atoms with Crippen LogP contribution in [0.3, 0.4) is 0 Å². The van der Waals surface area contributed by atoms with Gasteiger partial charge in [0.05, 0.1) is 6.10 Å². The van der Waals surface area contributed by atoms with E-state index < -0.39 is 0 Å². The predicted octanol–water partition coefficient (Wildman–Crippen LogP) is 3.06. The Kier molecular flexibility index (Phi) is 4.58. The van der Waals surface area contributed by atoms with E-state index in [4.69, 9.17) is 16.3 Å². The molecule has 5 nitrogen and oxygen atoms in total. The number of nitrogens with one attached hydrogen (secondary N) is 1. The molecule has 0 aromatic carbocycles. The van der Waals surface area contributed by atoms with Crippen LogP contribution in [0, 0.1) is 0 Å². The van der Waals surface area contributed by atoms with Crippen molar-refractivity contribution in [3.05, 3.63) is 5.28 Å². The minimum absolute atomic E-state index is 0.0194. The first-order valence-electron chi connectivity index (χ1n) is 6.48.